The lowest BCUT2D eigenvalue weighted by Gasteiger charge is -2.21. The van der Waals surface area contributed by atoms with Gasteiger partial charge in [0.2, 0.25) is 5.88 Å². The van der Waals surface area contributed by atoms with Crippen LogP contribution in [0.25, 0.3) is 16.8 Å². The summed E-state index contributed by atoms with van der Waals surface area (Å²) in [4.78, 5) is 9.60. The Morgan fingerprint density at radius 2 is 1.93 bits per heavy atom. The SMILES string of the molecule is C/C=C(\c1cc(C)c(-c2ccc(C(C)C)nc2OC)nc1C)[C@@H](CO)CCC. The standard InChI is InChI=1S/C24H34N2O2/c1-8-10-18(14-27)19(9-2)21-13-16(5)23(25-17(21)6)20-11-12-22(15(3)4)26-24(20)28-7/h9,11-13,15,18,27H,8,10,14H2,1-7H3/b19-9-/t18-/m1/s1. The van der Waals surface area contributed by atoms with Crippen molar-refractivity contribution in [3.05, 3.63) is 46.8 Å². The van der Waals surface area contributed by atoms with E-state index in [1.807, 2.05) is 19.9 Å². The minimum Gasteiger partial charge on any atom is -0.480 e. The topological polar surface area (TPSA) is 55.2 Å². The van der Waals surface area contributed by atoms with Crippen LogP contribution in [-0.4, -0.2) is 28.8 Å². The molecule has 4 nitrogen and oxygen atoms in total. The number of hydrogen-bond acceptors (Lipinski definition) is 4. The molecule has 1 N–H and O–H groups in total. The van der Waals surface area contributed by atoms with Crippen LogP contribution in [0, 0.1) is 19.8 Å². The Bertz CT molecular complexity index is 841. The van der Waals surface area contributed by atoms with Gasteiger partial charge < -0.3 is 9.84 Å². The maximum atomic E-state index is 9.87. The fourth-order valence-corrected chi connectivity index (χ4v) is 3.69. The molecule has 0 unspecified atom stereocenters. The number of rotatable bonds is 8. The van der Waals surface area contributed by atoms with E-state index in [-0.39, 0.29) is 12.5 Å². The van der Waals surface area contributed by atoms with Crippen LogP contribution in [0.3, 0.4) is 0 Å². The van der Waals surface area contributed by atoms with Crippen LogP contribution in [0.15, 0.2) is 24.3 Å². The van der Waals surface area contributed by atoms with Crippen LogP contribution < -0.4 is 4.74 Å². The normalized spacial score (nSPS) is 13.1. The van der Waals surface area contributed by atoms with Crippen molar-refractivity contribution in [1.29, 1.82) is 0 Å². The molecule has 28 heavy (non-hydrogen) atoms. The van der Waals surface area contributed by atoms with Crippen molar-refractivity contribution in [2.75, 3.05) is 13.7 Å². The molecule has 0 saturated heterocycles. The second-order valence-electron chi connectivity index (χ2n) is 7.65. The van der Waals surface area contributed by atoms with Crippen LogP contribution in [0.1, 0.15) is 69.0 Å². The largest absolute Gasteiger partial charge is 0.480 e. The Labute approximate surface area is 169 Å². The lowest BCUT2D eigenvalue weighted by Crippen LogP contribution is -2.11. The Hall–Kier alpha value is -2.20. The van der Waals surface area contributed by atoms with Gasteiger partial charge in [-0.15, -0.1) is 0 Å². The third-order valence-corrected chi connectivity index (χ3v) is 5.24. The molecule has 1 atom stereocenters. The lowest BCUT2D eigenvalue weighted by atomic mass is 9.87. The van der Waals surface area contributed by atoms with Gasteiger partial charge in [-0.05, 0) is 68.0 Å². The number of ether oxygens (including phenoxy) is 1. The number of hydrogen-bond donors (Lipinski definition) is 1. The summed E-state index contributed by atoms with van der Waals surface area (Å²) in [5.74, 6) is 1.09. The molecule has 2 rings (SSSR count). The number of pyridine rings is 2. The third kappa shape index (κ3) is 4.61. The van der Waals surface area contributed by atoms with Crippen molar-refractivity contribution in [3.8, 4) is 17.1 Å². The summed E-state index contributed by atoms with van der Waals surface area (Å²) in [5.41, 5.74) is 7.13. The number of aromatic nitrogens is 2. The number of allylic oxidation sites excluding steroid dienone is 1. The van der Waals surface area contributed by atoms with E-state index in [2.05, 4.69) is 50.9 Å². The van der Waals surface area contributed by atoms with Gasteiger partial charge >= 0.3 is 0 Å². The van der Waals surface area contributed by atoms with Crippen molar-refractivity contribution >= 4 is 5.57 Å². The van der Waals surface area contributed by atoms with Crippen molar-refractivity contribution in [2.24, 2.45) is 5.92 Å². The van der Waals surface area contributed by atoms with Crippen LogP contribution in [-0.2, 0) is 0 Å². The summed E-state index contributed by atoms with van der Waals surface area (Å²) >= 11 is 0. The van der Waals surface area contributed by atoms with E-state index in [0.29, 0.717) is 11.8 Å². The molecule has 0 saturated carbocycles. The molecule has 0 bridgehead atoms. The van der Waals surface area contributed by atoms with Gasteiger partial charge in [-0.3, -0.25) is 4.98 Å². The van der Waals surface area contributed by atoms with Crippen LogP contribution in [0.4, 0.5) is 0 Å². The first-order valence-corrected chi connectivity index (χ1v) is 10.2. The molecule has 0 amide bonds. The van der Waals surface area contributed by atoms with Crippen molar-refractivity contribution in [3.63, 3.8) is 0 Å². The Morgan fingerprint density at radius 1 is 1.21 bits per heavy atom. The number of nitrogens with zero attached hydrogens (tertiary/aromatic N) is 2. The Kier molecular flexibility index (Phi) is 7.76. The van der Waals surface area contributed by atoms with Gasteiger partial charge in [0.25, 0.3) is 0 Å². The van der Waals surface area contributed by atoms with Gasteiger partial charge in [-0.25, -0.2) is 4.98 Å². The molecule has 2 heterocycles. The minimum atomic E-state index is 0.141. The first-order chi connectivity index (χ1) is 13.4. The monoisotopic (exact) mass is 382 g/mol. The predicted octanol–water partition coefficient (Wildman–Crippen LogP) is 5.70. The summed E-state index contributed by atoms with van der Waals surface area (Å²) in [6, 6.07) is 6.29. The Balaban J connectivity index is 2.55. The zero-order chi connectivity index (χ0) is 20.8. The van der Waals surface area contributed by atoms with Crippen LogP contribution in [0.5, 0.6) is 5.88 Å². The van der Waals surface area contributed by atoms with Crippen molar-refractivity contribution < 1.29 is 9.84 Å². The van der Waals surface area contributed by atoms with Gasteiger partial charge in [0.15, 0.2) is 0 Å². The number of methoxy groups -OCH3 is 1. The number of aryl methyl sites for hydroxylation is 2. The lowest BCUT2D eigenvalue weighted by molar-refractivity contribution is 0.250. The second kappa shape index (κ2) is 9.83. The fraction of sp³-hybridized carbons (Fsp3) is 0.500. The van der Waals surface area contributed by atoms with E-state index >= 15 is 0 Å². The van der Waals surface area contributed by atoms with E-state index < -0.39 is 0 Å². The van der Waals surface area contributed by atoms with Crippen molar-refractivity contribution in [1.82, 2.24) is 9.97 Å². The van der Waals surface area contributed by atoms with E-state index in [9.17, 15) is 5.11 Å². The van der Waals surface area contributed by atoms with E-state index in [1.165, 1.54) is 5.57 Å². The molecule has 4 heteroatoms. The highest BCUT2D eigenvalue weighted by atomic mass is 16.5. The molecular formula is C24H34N2O2. The quantitative estimate of drug-likeness (QED) is 0.636. The van der Waals surface area contributed by atoms with Crippen molar-refractivity contribution in [2.45, 2.75) is 60.3 Å². The number of aliphatic hydroxyl groups is 1. The highest BCUT2D eigenvalue weighted by molar-refractivity contribution is 5.74. The van der Waals surface area contributed by atoms with Gasteiger partial charge in [0.05, 0.1) is 18.4 Å². The average molecular weight is 383 g/mol. The zero-order valence-corrected chi connectivity index (χ0v) is 18.3. The number of aliphatic hydroxyl groups excluding tert-OH is 1. The average Bonchev–Trinajstić information content (AvgIpc) is 2.69. The third-order valence-electron chi connectivity index (χ3n) is 5.24. The van der Waals surface area contributed by atoms with E-state index in [1.54, 1.807) is 7.11 Å². The maximum Gasteiger partial charge on any atom is 0.222 e. The minimum absolute atomic E-state index is 0.141. The second-order valence-corrected chi connectivity index (χ2v) is 7.65. The van der Waals surface area contributed by atoms with Crippen LogP contribution >= 0.6 is 0 Å². The summed E-state index contributed by atoms with van der Waals surface area (Å²) < 4.78 is 5.58. The molecule has 0 aliphatic rings. The molecule has 152 valence electrons. The first-order valence-electron chi connectivity index (χ1n) is 10.2. The molecule has 0 spiro atoms. The first kappa shape index (κ1) is 22.1. The smallest absolute Gasteiger partial charge is 0.222 e. The summed E-state index contributed by atoms with van der Waals surface area (Å²) in [6.45, 7) is 12.7. The van der Waals surface area contributed by atoms with Gasteiger partial charge in [0, 0.05) is 23.9 Å². The highest BCUT2D eigenvalue weighted by Crippen LogP contribution is 2.35. The molecule has 2 aromatic heterocycles. The molecule has 0 aliphatic carbocycles. The summed E-state index contributed by atoms with van der Waals surface area (Å²) in [7, 11) is 1.65. The fourth-order valence-electron chi connectivity index (χ4n) is 3.69. The van der Waals surface area contributed by atoms with Gasteiger partial charge in [0.1, 0.15) is 0 Å². The summed E-state index contributed by atoms with van der Waals surface area (Å²) in [5, 5.41) is 9.87. The molecular weight excluding hydrogens is 348 g/mol. The van der Waals surface area contributed by atoms with Gasteiger partial charge in [-0.1, -0.05) is 33.3 Å². The summed E-state index contributed by atoms with van der Waals surface area (Å²) in [6.07, 6.45) is 4.11. The van der Waals surface area contributed by atoms with E-state index in [0.717, 1.165) is 46.6 Å². The Morgan fingerprint density at radius 3 is 2.46 bits per heavy atom. The maximum absolute atomic E-state index is 9.87. The highest BCUT2D eigenvalue weighted by Gasteiger charge is 2.20. The molecule has 0 aromatic carbocycles. The molecule has 2 aromatic rings. The van der Waals surface area contributed by atoms with Gasteiger partial charge in [-0.2, -0.15) is 0 Å². The zero-order valence-electron chi connectivity index (χ0n) is 18.3. The predicted molar refractivity (Wildman–Crippen MR) is 117 cm³/mol. The molecule has 0 fully saturated rings. The van der Waals surface area contributed by atoms with Crippen LogP contribution in [0.2, 0.25) is 0 Å². The molecule has 0 aliphatic heterocycles. The molecule has 0 radical (unpaired) electrons. The van der Waals surface area contributed by atoms with E-state index in [4.69, 9.17) is 9.72 Å².